The van der Waals surface area contributed by atoms with E-state index in [0.29, 0.717) is 0 Å². The summed E-state index contributed by atoms with van der Waals surface area (Å²) in [5.74, 6) is -31.8. The zero-order valence-electron chi connectivity index (χ0n) is 9.68. The van der Waals surface area contributed by atoms with E-state index in [1.165, 1.54) is 0 Å². The van der Waals surface area contributed by atoms with Gasteiger partial charge in [-0.25, -0.2) is 4.79 Å². The maximum atomic E-state index is 12.7. The van der Waals surface area contributed by atoms with Crippen LogP contribution in [0.15, 0.2) is 0 Å². The molecular formula is C7HF13O3. The van der Waals surface area contributed by atoms with Crippen molar-refractivity contribution in [3.8, 4) is 0 Å². The number of ether oxygens (including phenoxy) is 1. The van der Waals surface area contributed by atoms with Crippen LogP contribution in [0.2, 0.25) is 0 Å². The van der Waals surface area contributed by atoms with Gasteiger partial charge in [-0.15, -0.1) is 0 Å². The van der Waals surface area contributed by atoms with Gasteiger partial charge in [-0.3, -0.25) is 0 Å². The van der Waals surface area contributed by atoms with Crippen molar-refractivity contribution < 1.29 is 71.7 Å². The zero-order chi connectivity index (χ0) is 19.3. The van der Waals surface area contributed by atoms with Crippen LogP contribution in [-0.4, -0.2) is 47.2 Å². The lowest BCUT2D eigenvalue weighted by molar-refractivity contribution is -0.460. The number of carbonyl (C=O) groups is 1. The number of halogens is 13. The van der Waals surface area contributed by atoms with Gasteiger partial charge in [-0.05, 0) is 0 Å². The average Bonchev–Trinajstić information content (AvgIpc) is 2.24. The molecule has 0 rings (SSSR count). The molecule has 0 atom stereocenters. The summed E-state index contributed by atoms with van der Waals surface area (Å²) in [5.41, 5.74) is 0. The van der Waals surface area contributed by atoms with Crippen LogP contribution in [0.5, 0.6) is 0 Å². The fourth-order valence-electron chi connectivity index (χ4n) is 0.929. The van der Waals surface area contributed by atoms with E-state index in [-0.39, 0.29) is 0 Å². The van der Waals surface area contributed by atoms with Gasteiger partial charge < -0.3 is 9.84 Å². The molecule has 0 amide bonds. The lowest BCUT2D eigenvalue weighted by Crippen LogP contribution is -2.70. The van der Waals surface area contributed by atoms with E-state index in [9.17, 15) is 61.9 Å². The van der Waals surface area contributed by atoms with Gasteiger partial charge in [0.2, 0.25) is 0 Å². The molecule has 0 aliphatic rings. The Morgan fingerprint density at radius 1 is 0.609 bits per heavy atom. The van der Waals surface area contributed by atoms with E-state index in [2.05, 4.69) is 0 Å². The van der Waals surface area contributed by atoms with Gasteiger partial charge in [0.15, 0.2) is 0 Å². The first-order valence-corrected chi connectivity index (χ1v) is 4.54. The largest absolute Gasteiger partial charge is 0.510 e. The summed E-state index contributed by atoms with van der Waals surface area (Å²) < 4.78 is 162. The number of hydrogen-bond acceptors (Lipinski definition) is 2. The molecule has 0 saturated heterocycles. The molecule has 0 aromatic rings. The van der Waals surface area contributed by atoms with Crippen LogP contribution in [0, 0.1) is 0 Å². The third-order valence-corrected chi connectivity index (χ3v) is 2.12. The van der Waals surface area contributed by atoms with E-state index >= 15 is 0 Å². The molecule has 3 nitrogen and oxygen atoms in total. The summed E-state index contributed by atoms with van der Waals surface area (Å²) in [5, 5.41) is 7.57. The van der Waals surface area contributed by atoms with Crippen molar-refractivity contribution in [1.82, 2.24) is 0 Å². The minimum Gasteiger partial charge on any atom is -0.450 e. The van der Waals surface area contributed by atoms with Crippen LogP contribution in [0.25, 0.3) is 0 Å². The third kappa shape index (κ3) is 2.93. The molecule has 0 unspecified atom stereocenters. The van der Waals surface area contributed by atoms with Crippen LogP contribution >= 0.6 is 0 Å². The molecular weight excluding hydrogens is 379 g/mol. The van der Waals surface area contributed by atoms with Crippen molar-refractivity contribution in [1.29, 1.82) is 0 Å². The Bertz CT molecular complexity index is 465. The molecule has 0 heterocycles. The topological polar surface area (TPSA) is 46.5 Å². The number of rotatable bonds is 5. The molecule has 138 valence electrons. The van der Waals surface area contributed by atoms with Gasteiger partial charge in [0.1, 0.15) is 0 Å². The molecule has 0 aliphatic carbocycles. The summed E-state index contributed by atoms with van der Waals surface area (Å²) >= 11 is 0. The van der Waals surface area contributed by atoms with Gasteiger partial charge in [-0.2, -0.15) is 57.1 Å². The average molecular weight is 380 g/mol. The second kappa shape index (κ2) is 5.19. The Morgan fingerprint density at radius 2 is 0.913 bits per heavy atom. The predicted octanol–water partition coefficient (Wildman–Crippen LogP) is 4.38. The molecule has 0 fully saturated rings. The van der Waals surface area contributed by atoms with Crippen molar-refractivity contribution in [2.24, 2.45) is 0 Å². The number of alkyl halides is 13. The van der Waals surface area contributed by atoms with Crippen LogP contribution in [0.4, 0.5) is 61.9 Å². The Kier molecular flexibility index (Phi) is 4.82. The summed E-state index contributed by atoms with van der Waals surface area (Å²) in [7, 11) is 0. The molecule has 0 radical (unpaired) electrons. The van der Waals surface area contributed by atoms with Gasteiger partial charge in [0, 0.05) is 0 Å². The highest BCUT2D eigenvalue weighted by molar-refractivity contribution is 5.57. The first kappa shape index (κ1) is 21.4. The Hall–Kier alpha value is -1.64. The van der Waals surface area contributed by atoms with Gasteiger partial charge in [0.25, 0.3) is 0 Å². The maximum Gasteiger partial charge on any atom is 0.510 e. The standard InChI is InChI=1S/C7HF13O3/c8-2(9,4(12,13)6(16,17)18)3(10,11)5(14,15)7(19,20)23-1(21)22/h(H,21,22). The lowest BCUT2D eigenvalue weighted by atomic mass is 9.97. The molecule has 0 aromatic carbocycles. The summed E-state index contributed by atoms with van der Waals surface area (Å²) in [4.78, 5) is 9.60. The lowest BCUT2D eigenvalue weighted by Gasteiger charge is -2.38. The highest BCUT2D eigenvalue weighted by Gasteiger charge is 2.92. The van der Waals surface area contributed by atoms with Gasteiger partial charge in [-0.1, -0.05) is 0 Å². The second-order valence-corrected chi connectivity index (χ2v) is 3.68. The number of hydrogen-bond donors (Lipinski definition) is 1. The van der Waals surface area contributed by atoms with Gasteiger partial charge >= 0.3 is 42.1 Å². The molecule has 1 N–H and O–H groups in total. The summed E-state index contributed by atoms with van der Waals surface area (Å²) in [6.45, 7) is 0. The Morgan fingerprint density at radius 3 is 1.17 bits per heavy atom. The van der Waals surface area contributed by atoms with E-state index in [1.54, 1.807) is 0 Å². The fraction of sp³-hybridized carbons (Fsp3) is 0.857. The van der Waals surface area contributed by atoms with E-state index in [0.717, 1.165) is 0 Å². The van der Waals surface area contributed by atoms with Crippen LogP contribution in [-0.2, 0) is 4.74 Å². The molecule has 16 heteroatoms. The van der Waals surface area contributed by atoms with Crippen molar-refractivity contribution >= 4 is 6.16 Å². The summed E-state index contributed by atoms with van der Waals surface area (Å²) in [6, 6.07) is 0. The minimum absolute atomic E-state index is 1.88. The van der Waals surface area contributed by atoms with Gasteiger partial charge in [0.05, 0.1) is 0 Å². The molecule has 23 heavy (non-hydrogen) atoms. The molecule has 0 spiro atoms. The minimum atomic E-state index is -8.09. The normalized spacial score (nSPS) is 15.5. The Balaban J connectivity index is 6.19. The quantitative estimate of drug-likeness (QED) is 0.569. The van der Waals surface area contributed by atoms with Crippen molar-refractivity contribution in [2.45, 2.75) is 36.0 Å². The van der Waals surface area contributed by atoms with Crippen molar-refractivity contribution in [2.75, 3.05) is 0 Å². The Labute approximate surface area is 115 Å². The first-order valence-electron chi connectivity index (χ1n) is 4.54. The highest BCUT2D eigenvalue weighted by atomic mass is 19.4. The molecule has 0 aliphatic heterocycles. The predicted molar refractivity (Wildman–Crippen MR) is 39.9 cm³/mol. The van der Waals surface area contributed by atoms with Crippen molar-refractivity contribution in [3.05, 3.63) is 0 Å². The first-order chi connectivity index (χ1) is 9.67. The summed E-state index contributed by atoms with van der Waals surface area (Å²) in [6.07, 6.45) is -18.0. The SMILES string of the molecule is O=C(O)OC(F)(F)C(F)(F)C(F)(F)C(F)(F)C(F)(F)C(F)(F)F. The van der Waals surface area contributed by atoms with Crippen LogP contribution < -0.4 is 0 Å². The maximum absolute atomic E-state index is 12.7. The van der Waals surface area contributed by atoms with E-state index < -0.39 is 42.1 Å². The van der Waals surface area contributed by atoms with E-state index in [1.807, 2.05) is 4.74 Å². The zero-order valence-corrected chi connectivity index (χ0v) is 9.68. The third-order valence-electron chi connectivity index (χ3n) is 2.12. The van der Waals surface area contributed by atoms with Crippen LogP contribution in [0.1, 0.15) is 0 Å². The number of carboxylic acid groups (broad SMARTS) is 1. The molecule has 0 bridgehead atoms. The smallest absolute Gasteiger partial charge is 0.450 e. The van der Waals surface area contributed by atoms with Crippen molar-refractivity contribution in [3.63, 3.8) is 0 Å². The van der Waals surface area contributed by atoms with E-state index in [4.69, 9.17) is 5.11 Å². The molecule has 0 saturated carbocycles. The molecule has 0 aromatic heterocycles. The second-order valence-electron chi connectivity index (χ2n) is 3.68. The van der Waals surface area contributed by atoms with Crippen LogP contribution in [0.3, 0.4) is 0 Å². The monoisotopic (exact) mass is 380 g/mol. The highest BCUT2D eigenvalue weighted by Crippen LogP contribution is 2.60. The fourth-order valence-corrected chi connectivity index (χ4v) is 0.929.